The second kappa shape index (κ2) is 2.72. The first-order valence-electron chi connectivity index (χ1n) is 3.45. The molecule has 0 saturated heterocycles. The SMILES string of the molecule is C1=C(c2ccncc2)NOC1. The molecule has 0 radical (unpaired) electrons. The molecular weight excluding hydrogens is 140 g/mol. The van der Waals surface area contributed by atoms with Crippen LogP contribution in [0.4, 0.5) is 0 Å². The number of pyridine rings is 1. The highest BCUT2D eigenvalue weighted by Crippen LogP contribution is 2.12. The highest BCUT2D eigenvalue weighted by molar-refractivity contribution is 5.63. The quantitative estimate of drug-likeness (QED) is 0.644. The number of hydrogen-bond acceptors (Lipinski definition) is 3. The van der Waals surface area contributed by atoms with E-state index in [-0.39, 0.29) is 0 Å². The maximum atomic E-state index is 4.95. The summed E-state index contributed by atoms with van der Waals surface area (Å²) < 4.78 is 0. The third-order valence-corrected chi connectivity index (χ3v) is 1.54. The zero-order chi connectivity index (χ0) is 7.52. The first-order valence-corrected chi connectivity index (χ1v) is 3.45. The van der Waals surface area contributed by atoms with Crippen LogP contribution in [0.1, 0.15) is 5.56 Å². The van der Waals surface area contributed by atoms with E-state index in [1.54, 1.807) is 12.4 Å². The Morgan fingerprint density at radius 1 is 1.36 bits per heavy atom. The van der Waals surface area contributed by atoms with Crippen molar-refractivity contribution in [3.05, 3.63) is 36.2 Å². The van der Waals surface area contributed by atoms with Crippen molar-refractivity contribution in [2.45, 2.75) is 0 Å². The minimum Gasteiger partial charge on any atom is -0.272 e. The minimum absolute atomic E-state index is 0.637. The Kier molecular flexibility index (Phi) is 1.57. The minimum atomic E-state index is 0.637. The number of nitrogens with zero attached hydrogens (tertiary/aromatic N) is 1. The molecule has 0 aliphatic carbocycles. The number of rotatable bonds is 1. The van der Waals surface area contributed by atoms with Crippen molar-refractivity contribution >= 4 is 5.70 Å². The average molecular weight is 148 g/mol. The molecular formula is C8H8N2O. The molecule has 0 saturated carbocycles. The van der Waals surface area contributed by atoms with Gasteiger partial charge in [-0.1, -0.05) is 0 Å². The van der Waals surface area contributed by atoms with Gasteiger partial charge in [-0.3, -0.25) is 15.3 Å². The lowest BCUT2D eigenvalue weighted by atomic mass is 10.2. The van der Waals surface area contributed by atoms with E-state index in [1.807, 2.05) is 18.2 Å². The second-order valence-corrected chi connectivity index (χ2v) is 2.27. The van der Waals surface area contributed by atoms with Crippen molar-refractivity contribution in [1.82, 2.24) is 10.5 Å². The number of hydrogen-bond donors (Lipinski definition) is 1. The third-order valence-electron chi connectivity index (χ3n) is 1.54. The van der Waals surface area contributed by atoms with Gasteiger partial charge < -0.3 is 0 Å². The van der Waals surface area contributed by atoms with Gasteiger partial charge in [-0.15, -0.1) is 0 Å². The predicted octanol–water partition coefficient (Wildman–Crippen LogP) is 0.957. The molecule has 0 bridgehead atoms. The summed E-state index contributed by atoms with van der Waals surface area (Å²) in [6, 6.07) is 3.88. The monoisotopic (exact) mass is 148 g/mol. The maximum Gasteiger partial charge on any atom is 0.0951 e. The molecule has 0 unspecified atom stereocenters. The average Bonchev–Trinajstić information content (AvgIpc) is 2.58. The molecule has 56 valence electrons. The van der Waals surface area contributed by atoms with Crippen LogP contribution in [-0.2, 0) is 4.84 Å². The summed E-state index contributed by atoms with van der Waals surface area (Å²) in [6.45, 7) is 0.637. The van der Waals surface area contributed by atoms with E-state index >= 15 is 0 Å². The summed E-state index contributed by atoms with van der Waals surface area (Å²) in [6.07, 6.45) is 5.52. The van der Waals surface area contributed by atoms with Crippen LogP contribution in [0.2, 0.25) is 0 Å². The van der Waals surface area contributed by atoms with Gasteiger partial charge >= 0.3 is 0 Å². The van der Waals surface area contributed by atoms with Gasteiger partial charge in [0, 0.05) is 18.0 Å². The molecule has 1 N–H and O–H groups in total. The summed E-state index contributed by atoms with van der Waals surface area (Å²) in [4.78, 5) is 8.87. The molecule has 1 aromatic rings. The van der Waals surface area contributed by atoms with Crippen LogP contribution in [-0.4, -0.2) is 11.6 Å². The van der Waals surface area contributed by atoms with Gasteiger partial charge in [0.25, 0.3) is 0 Å². The van der Waals surface area contributed by atoms with Crippen molar-refractivity contribution in [3.8, 4) is 0 Å². The van der Waals surface area contributed by atoms with E-state index in [0.29, 0.717) is 6.61 Å². The van der Waals surface area contributed by atoms with Crippen LogP contribution >= 0.6 is 0 Å². The van der Waals surface area contributed by atoms with E-state index in [1.165, 1.54) is 0 Å². The van der Waals surface area contributed by atoms with Crippen LogP contribution in [0, 0.1) is 0 Å². The van der Waals surface area contributed by atoms with E-state index in [9.17, 15) is 0 Å². The standard InChI is InChI=1S/C8H8N2O/c1-4-9-5-2-7(1)8-3-6-11-10-8/h1-5,10H,6H2. The largest absolute Gasteiger partial charge is 0.272 e. The molecule has 1 aliphatic heterocycles. The fourth-order valence-corrected chi connectivity index (χ4v) is 0.994. The fraction of sp³-hybridized carbons (Fsp3) is 0.125. The molecule has 2 rings (SSSR count). The molecule has 3 nitrogen and oxygen atoms in total. The van der Waals surface area contributed by atoms with Crippen LogP contribution in [0.5, 0.6) is 0 Å². The van der Waals surface area contributed by atoms with Crippen molar-refractivity contribution < 1.29 is 4.84 Å². The Morgan fingerprint density at radius 2 is 2.18 bits per heavy atom. The predicted molar refractivity (Wildman–Crippen MR) is 41.3 cm³/mol. The van der Waals surface area contributed by atoms with Gasteiger partial charge in [-0.05, 0) is 18.2 Å². The summed E-state index contributed by atoms with van der Waals surface area (Å²) in [7, 11) is 0. The highest BCUT2D eigenvalue weighted by atomic mass is 16.6. The molecule has 0 spiro atoms. The smallest absolute Gasteiger partial charge is 0.0951 e. The third kappa shape index (κ3) is 1.23. The van der Waals surface area contributed by atoms with Gasteiger partial charge in [0.2, 0.25) is 0 Å². The van der Waals surface area contributed by atoms with Crippen molar-refractivity contribution in [2.24, 2.45) is 0 Å². The van der Waals surface area contributed by atoms with Crippen molar-refractivity contribution in [1.29, 1.82) is 0 Å². The molecule has 0 atom stereocenters. The lowest BCUT2D eigenvalue weighted by Gasteiger charge is -2.00. The molecule has 11 heavy (non-hydrogen) atoms. The first-order chi connectivity index (χ1) is 5.47. The lowest BCUT2D eigenvalue weighted by molar-refractivity contribution is 0.121. The van der Waals surface area contributed by atoms with E-state index in [2.05, 4.69) is 10.5 Å². The van der Waals surface area contributed by atoms with E-state index in [4.69, 9.17) is 4.84 Å². The molecule has 0 aromatic carbocycles. The number of hydroxylamine groups is 1. The molecule has 3 heteroatoms. The zero-order valence-corrected chi connectivity index (χ0v) is 5.95. The Labute approximate surface area is 64.7 Å². The van der Waals surface area contributed by atoms with Gasteiger partial charge in [-0.2, -0.15) is 0 Å². The number of aromatic nitrogens is 1. The van der Waals surface area contributed by atoms with Gasteiger partial charge in [0.05, 0.1) is 12.3 Å². The fourth-order valence-electron chi connectivity index (χ4n) is 0.994. The van der Waals surface area contributed by atoms with Gasteiger partial charge in [0.1, 0.15) is 0 Å². The van der Waals surface area contributed by atoms with Crippen molar-refractivity contribution in [2.75, 3.05) is 6.61 Å². The van der Waals surface area contributed by atoms with Crippen LogP contribution in [0.3, 0.4) is 0 Å². The summed E-state index contributed by atoms with van der Waals surface area (Å²) in [5.41, 5.74) is 4.94. The molecule has 1 aromatic heterocycles. The van der Waals surface area contributed by atoms with Crippen molar-refractivity contribution in [3.63, 3.8) is 0 Å². The molecule has 1 aliphatic rings. The van der Waals surface area contributed by atoms with Gasteiger partial charge in [0.15, 0.2) is 0 Å². The summed E-state index contributed by atoms with van der Waals surface area (Å²) >= 11 is 0. The normalized spacial score (nSPS) is 15.8. The Bertz CT molecular complexity index is 269. The summed E-state index contributed by atoms with van der Waals surface area (Å²) in [5.74, 6) is 0. The topological polar surface area (TPSA) is 34.2 Å². The Hall–Kier alpha value is -1.35. The second-order valence-electron chi connectivity index (χ2n) is 2.27. The highest BCUT2D eigenvalue weighted by Gasteiger charge is 2.04. The Balaban J connectivity index is 2.29. The maximum absolute atomic E-state index is 4.95. The molecule has 0 amide bonds. The van der Waals surface area contributed by atoms with E-state index < -0.39 is 0 Å². The van der Waals surface area contributed by atoms with Crippen LogP contribution in [0.25, 0.3) is 5.70 Å². The summed E-state index contributed by atoms with van der Waals surface area (Å²) in [5, 5.41) is 0. The van der Waals surface area contributed by atoms with E-state index in [0.717, 1.165) is 11.3 Å². The Morgan fingerprint density at radius 3 is 2.82 bits per heavy atom. The number of nitrogens with one attached hydrogen (secondary N) is 1. The van der Waals surface area contributed by atoms with Crippen LogP contribution in [0.15, 0.2) is 30.6 Å². The zero-order valence-electron chi connectivity index (χ0n) is 5.95. The molecule has 2 heterocycles. The van der Waals surface area contributed by atoms with Crippen LogP contribution < -0.4 is 5.48 Å². The lowest BCUT2D eigenvalue weighted by Crippen LogP contribution is -2.04. The molecule has 0 fully saturated rings. The van der Waals surface area contributed by atoms with Gasteiger partial charge in [-0.25, -0.2) is 0 Å². The first kappa shape index (κ1) is 6.37.